The molecule has 0 aliphatic rings. The zero-order valence-corrected chi connectivity index (χ0v) is 8.42. The van der Waals surface area contributed by atoms with E-state index in [-0.39, 0.29) is 5.92 Å². The Bertz CT molecular complexity index is 195. The number of rotatable bonds is 4. The van der Waals surface area contributed by atoms with Crippen molar-refractivity contribution in [3.63, 3.8) is 0 Å². The molecule has 0 spiro atoms. The van der Waals surface area contributed by atoms with E-state index < -0.39 is 0 Å². The highest BCUT2D eigenvalue weighted by molar-refractivity contribution is 5.53. The van der Waals surface area contributed by atoms with E-state index in [1.54, 1.807) is 0 Å². The number of hydrogen-bond acceptors (Lipinski definition) is 1. The zero-order chi connectivity index (χ0) is 9.56. The fraction of sp³-hybridized carbons (Fsp3) is 0.545. The normalized spacial score (nSPS) is 13.8. The Balaban J connectivity index is 4.02. The minimum absolute atomic E-state index is 0.145. The Hall–Kier alpha value is -0.850. The Morgan fingerprint density at radius 3 is 2.25 bits per heavy atom. The van der Waals surface area contributed by atoms with Gasteiger partial charge in [-0.1, -0.05) is 30.2 Å². The van der Waals surface area contributed by atoms with E-state index in [2.05, 4.69) is 32.9 Å². The Kier molecular flexibility index (Phi) is 5.35. The van der Waals surface area contributed by atoms with Gasteiger partial charge in [0.2, 0.25) is 0 Å². The van der Waals surface area contributed by atoms with Crippen LogP contribution in [-0.2, 0) is 4.79 Å². The third-order valence-corrected chi connectivity index (χ3v) is 1.58. The van der Waals surface area contributed by atoms with Crippen LogP contribution in [0, 0.1) is 5.92 Å². The smallest absolute Gasteiger partial charge is 0.123 e. The summed E-state index contributed by atoms with van der Waals surface area (Å²) in [4.78, 5) is 10.3. The molecule has 0 saturated carbocycles. The van der Waals surface area contributed by atoms with Gasteiger partial charge in [-0.25, -0.2) is 0 Å². The van der Waals surface area contributed by atoms with Gasteiger partial charge in [0.25, 0.3) is 0 Å². The second kappa shape index (κ2) is 5.76. The van der Waals surface area contributed by atoms with E-state index >= 15 is 0 Å². The maximum absolute atomic E-state index is 10.3. The van der Waals surface area contributed by atoms with Crippen LogP contribution in [0.4, 0.5) is 0 Å². The zero-order valence-electron chi connectivity index (χ0n) is 8.42. The lowest BCUT2D eigenvalue weighted by molar-refractivity contribution is -0.110. The van der Waals surface area contributed by atoms with Crippen molar-refractivity contribution in [1.82, 2.24) is 0 Å². The molecule has 0 N–H and O–H groups in total. The molecule has 0 saturated heterocycles. The van der Waals surface area contributed by atoms with Crippen molar-refractivity contribution in [2.75, 3.05) is 0 Å². The van der Waals surface area contributed by atoms with Crippen LogP contribution < -0.4 is 0 Å². The number of hydrogen-bond donors (Lipinski definition) is 0. The van der Waals surface area contributed by atoms with Gasteiger partial charge in [0, 0.05) is 5.92 Å². The summed E-state index contributed by atoms with van der Waals surface area (Å²) < 4.78 is 0. The average molecular weight is 166 g/mol. The molecule has 0 bridgehead atoms. The van der Waals surface area contributed by atoms with Crippen LogP contribution in [0.5, 0.6) is 0 Å². The molecule has 0 aromatic carbocycles. The van der Waals surface area contributed by atoms with Gasteiger partial charge in [-0.05, 0) is 27.2 Å². The molecular weight excluding hydrogens is 148 g/mol. The first-order chi connectivity index (χ1) is 5.56. The van der Waals surface area contributed by atoms with Crippen molar-refractivity contribution in [3.8, 4) is 0 Å². The van der Waals surface area contributed by atoms with Gasteiger partial charge < -0.3 is 4.79 Å². The van der Waals surface area contributed by atoms with E-state index in [4.69, 9.17) is 0 Å². The average Bonchev–Trinajstić information content (AvgIpc) is 2.00. The van der Waals surface area contributed by atoms with E-state index in [9.17, 15) is 4.79 Å². The van der Waals surface area contributed by atoms with Crippen LogP contribution in [0.2, 0.25) is 0 Å². The topological polar surface area (TPSA) is 17.1 Å². The van der Waals surface area contributed by atoms with Gasteiger partial charge >= 0.3 is 0 Å². The summed E-state index contributed by atoms with van der Waals surface area (Å²) in [5, 5.41) is 0. The standard InChI is InChI=1S/C11H18O/c1-9(2)5-6-10(3)7-11(4)8-12/h5-6,8,11H,7H2,1-4H3/b10-6-. The minimum atomic E-state index is 0.145. The summed E-state index contributed by atoms with van der Waals surface area (Å²) in [6, 6.07) is 0. The Morgan fingerprint density at radius 1 is 1.25 bits per heavy atom. The molecule has 0 radical (unpaired) electrons. The highest BCUT2D eigenvalue weighted by Crippen LogP contribution is 2.08. The SMILES string of the molecule is CC(C)=C/C=C(/C)CC(C)C=O. The van der Waals surface area contributed by atoms with Crippen LogP contribution in [0.3, 0.4) is 0 Å². The first-order valence-electron chi connectivity index (χ1n) is 4.32. The van der Waals surface area contributed by atoms with Gasteiger partial charge in [0.1, 0.15) is 6.29 Å². The quantitative estimate of drug-likeness (QED) is 0.463. The fourth-order valence-electron chi connectivity index (χ4n) is 0.933. The molecular formula is C11H18O. The lowest BCUT2D eigenvalue weighted by Gasteiger charge is -2.01. The molecule has 1 unspecified atom stereocenters. The van der Waals surface area contributed by atoms with E-state index in [0.717, 1.165) is 12.7 Å². The third kappa shape index (κ3) is 5.90. The summed E-state index contributed by atoms with van der Waals surface area (Å²) in [5.41, 5.74) is 2.55. The van der Waals surface area contributed by atoms with Gasteiger partial charge in [-0.3, -0.25) is 0 Å². The minimum Gasteiger partial charge on any atom is -0.303 e. The number of carbonyl (C=O) groups is 1. The van der Waals surface area contributed by atoms with Crippen molar-refractivity contribution < 1.29 is 4.79 Å². The van der Waals surface area contributed by atoms with Gasteiger partial charge in [0.05, 0.1) is 0 Å². The molecule has 0 aliphatic heterocycles. The van der Waals surface area contributed by atoms with Crippen LogP contribution in [0.15, 0.2) is 23.3 Å². The fourth-order valence-corrected chi connectivity index (χ4v) is 0.933. The van der Waals surface area contributed by atoms with Gasteiger partial charge in [-0.15, -0.1) is 0 Å². The summed E-state index contributed by atoms with van der Waals surface area (Å²) in [6.07, 6.45) is 6.02. The van der Waals surface area contributed by atoms with E-state index in [1.807, 2.05) is 6.92 Å². The molecule has 1 heteroatoms. The van der Waals surface area contributed by atoms with Crippen molar-refractivity contribution >= 4 is 6.29 Å². The van der Waals surface area contributed by atoms with Gasteiger partial charge in [0.15, 0.2) is 0 Å². The van der Waals surface area contributed by atoms with E-state index in [1.165, 1.54) is 11.1 Å². The molecule has 68 valence electrons. The van der Waals surface area contributed by atoms with Crippen molar-refractivity contribution in [1.29, 1.82) is 0 Å². The number of allylic oxidation sites excluding steroid dienone is 4. The third-order valence-electron chi connectivity index (χ3n) is 1.58. The lowest BCUT2D eigenvalue weighted by atomic mass is 10.0. The highest BCUT2D eigenvalue weighted by Gasteiger charge is 1.98. The van der Waals surface area contributed by atoms with E-state index in [0.29, 0.717) is 0 Å². The largest absolute Gasteiger partial charge is 0.303 e. The summed E-state index contributed by atoms with van der Waals surface area (Å²) >= 11 is 0. The summed E-state index contributed by atoms with van der Waals surface area (Å²) in [7, 11) is 0. The predicted octanol–water partition coefficient (Wildman–Crippen LogP) is 3.12. The lowest BCUT2D eigenvalue weighted by Crippen LogP contribution is -1.95. The number of carbonyl (C=O) groups excluding carboxylic acids is 1. The summed E-state index contributed by atoms with van der Waals surface area (Å²) in [5.74, 6) is 0.145. The molecule has 0 fully saturated rings. The maximum Gasteiger partial charge on any atom is 0.123 e. The Morgan fingerprint density at radius 2 is 1.83 bits per heavy atom. The molecule has 0 rings (SSSR count). The van der Waals surface area contributed by atoms with Crippen molar-refractivity contribution in [2.45, 2.75) is 34.1 Å². The molecule has 0 aromatic heterocycles. The maximum atomic E-state index is 10.3. The predicted molar refractivity (Wildman–Crippen MR) is 53.0 cm³/mol. The molecule has 0 aliphatic carbocycles. The Labute approximate surface area is 75.2 Å². The van der Waals surface area contributed by atoms with Gasteiger partial charge in [-0.2, -0.15) is 0 Å². The molecule has 12 heavy (non-hydrogen) atoms. The van der Waals surface area contributed by atoms with Crippen LogP contribution in [0.25, 0.3) is 0 Å². The molecule has 0 heterocycles. The second-order valence-corrected chi connectivity index (χ2v) is 3.57. The second-order valence-electron chi connectivity index (χ2n) is 3.57. The summed E-state index contributed by atoms with van der Waals surface area (Å²) in [6.45, 7) is 8.12. The van der Waals surface area contributed by atoms with Crippen LogP contribution >= 0.6 is 0 Å². The molecule has 0 aromatic rings. The number of aldehydes is 1. The molecule has 0 amide bonds. The highest BCUT2D eigenvalue weighted by atomic mass is 16.1. The van der Waals surface area contributed by atoms with Crippen LogP contribution in [0.1, 0.15) is 34.1 Å². The monoisotopic (exact) mass is 166 g/mol. The van der Waals surface area contributed by atoms with Crippen molar-refractivity contribution in [3.05, 3.63) is 23.3 Å². The first-order valence-corrected chi connectivity index (χ1v) is 4.32. The van der Waals surface area contributed by atoms with Crippen molar-refractivity contribution in [2.24, 2.45) is 5.92 Å². The van der Waals surface area contributed by atoms with Crippen LogP contribution in [-0.4, -0.2) is 6.29 Å². The molecule has 1 atom stereocenters. The molecule has 1 nitrogen and oxygen atoms in total. The first kappa shape index (κ1) is 11.2.